The van der Waals surface area contributed by atoms with E-state index in [2.05, 4.69) is 15.9 Å². The quantitative estimate of drug-likeness (QED) is 0.0710. The summed E-state index contributed by atoms with van der Waals surface area (Å²) in [6, 6.07) is 48.5. The van der Waals surface area contributed by atoms with E-state index in [1.165, 1.54) is 0 Å². The molecule has 1 fully saturated rings. The minimum atomic E-state index is -4.63. The number of rotatable bonds is 9. The molecule has 0 aliphatic carbocycles. The molecule has 7 rings (SSSR count). The van der Waals surface area contributed by atoms with Crippen LogP contribution in [0.2, 0.25) is 0 Å². The molecular weight excluding hydrogens is 659 g/mol. The Balaban J connectivity index is 1.75. The van der Waals surface area contributed by atoms with Gasteiger partial charge in [-0.05, 0) is 0 Å². The van der Waals surface area contributed by atoms with Gasteiger partial charge in [0.05, 0.1) is 0 Å². The number of esters is 1. The molecule has 0 radical (unpaired) electrons. The molecule has 5 aromatic carbocycles. The zero-order valence-electron chi connectivity index (χ0n) is 25.2. The molecule has 2 aliphatic rings. The first-order chi connectivity index (χ1) is 22.5. The molecule has 5 nitrogen and oxygen atoms in total. The first kappa shape index (κ1) is 30.3. The molecule has 46 heavy (non-hydrogen) atoms. The van der Waals surface area contributed by atoms with Crippen LogP contribution in [0.4, 0.5) is 0 Å². The van der Waals surface area contributed by atoms with Crippen molar-refractivity contribution in [1.82, 2.24) is 0 Å². The van der Waals surface area contributed by atoms with Crippen LogP contribution in [-0.4, -0.2) is 34.6 Å². The number of carbonyl (C=O) groups is 2. The summed E-state index contributed by atoms with van der Waals surface area (Å²) in [5.41, 5.74) is 0.00479. The van der Waals surface area contributed by atoms with Gasteiger partial charge in [-0.2, -0.15) is 0 Å². The van der Waals surface area contributed by atoms with Crippen molar-refractivity contribution >= 4 is 56.2 Å². The standard InChI is InChI=1S/C39H32BrO5P/c1-2-43-37(42)38(28-40)35-34(29-18-8-3-9-19-29)44-46(31-22-12-5-13-23-31,32-24-14-6-15-25-32,33-26-16-7-17-27-33)39(35,45-38)36(41)30-20-10-4-11-21-30/h3-27H,2,28H2,1H3. The summed E-state index contributed by atoms with van der Waals surface area (Å²) in [6.45, 7) is -2.73. The van der Waals surface area contributed by atoms with Crippen molar-refractivity contribution in [2.45, 2.75) is 17.9 Å². The second-order valence-electron chi connectivity index (χ2n) is 11.3. The van der Waals surface area contributed by atoms with E-state index in [9.17, 15) is 4.79 Å². The number of fused-ring (bicyclic) bond motifs is 1. The van der Waals surface area contributed by atoms with E-state index in [-0.39, 0.29) is 17.7 Å². The third-order valence-electron chi connectivity index (χ3n) is 9.09. The monoisotopic (exact) mass is 690 g/mol. The number of Topliss-reactive ketones (excluding diaryl/α,β-unsaturated/α-hetero) is 1. The van der Waals surface area contributed by atoms with Crippen molar-refractivity contribution in [3.05, 3.63) is 168 Å². The normalized spacial score (nSPS) is 23.1. The van der Waals surface area contributed by atoms with E-state index < -0.39 is 23.7 Å². The number of benzene rings is 5. The number of hydrogen-bond acceptors (Lipinski definition) is 5. The first-order valence-corrected chi connectivity index (χ1v) is 18.5. The Morgan fingerprint density at radius 3 is 1.54 bits per heavy atom. The van der Waals surface area contributed by atoms with Gasteiger partial charge in [-0.25, -0.2) is 0 Å². The average molecular weight is 692 g/mol. The molecule has 230 valence electrons. The summed E-state index contributed by atoms with van der Waals surface area (Å²) < 4.78 is 20.8. The van der Waals surface area contributed by atoms with E-state index in [0.29, 0.717) is 16.9 Å². The zero-order chi connectivity index (χ0) is 31.9. The van der Waals surface area contributed by atoms with Crippen LogP contribution in [0.25, 0.3) is 5.76 Å². The Kier molecular flexibility index (Phi) is 7.56. The Morgan fingerprint density at radius 2 is 1.11 bits per heavy atom. The predicted octanol–water partition coefficient (Wildman–Crippen LogP) is 7.18. The summed E-state index contributed by atoms with van der Waals surface area (Å²) in [5, 5.41) is 0.674. The van der Waals surface area contributed by atoms with E-state index in [1.807, 2.05) is 140 Å². The van der Waals surface area contributed by atoms with Crippen LogP contribution in [0.3, 0.4) is 0 Å². The Labute approximate surface area is 277 Å². The summed E-state index contributed by atoms with van der Waals surface area (Å²) in [7, 11) is 0. The molecule has 2 heterocycles. The topological polar surface area (TPSA) is 61.8 Å². The van der Waals surface area contributed by atoms with Crippen molar-refractivity contribution in [3.8, 4) is 0 Å². The minimum absolute atomic E-state index is 0.0581. The van der Waals surface area contributed by atoms with Crippen molar-refractivity contribution in [2.75, 3.05) is 11.9 Å². The summed E-state index contributed by atoms with van der Waals surface area (Å²) in [5.74, 6) is -0.426. The van der Waals surface area contributed by atoms with E-state index in [1.54, 1.807) is 19.1 Å². The fourth-order valence-corrected chi connectivity index (χ4v) is 14.7. The fraction of sp³-hybridized carbons (Fsp3) is 0.128. The summed E-state index contributed by atoms with van der Waals surface area (Å²) in [6.07, 6.45) is 0. The molecule has 2 aliphatic heterocycles. The van der Waals surface area contributed by atoms with Crippen molar-refractivity contribution < 1.29 is 23.6 Å². The number of halogens is 1. The number of hydrogen-bond donors (Lipinski definition) is 0. The van der Waals surface area contributed by atoms with Gasteiger partial charge in [0.1, 0.15) is 0 Å². The molecule has 2 unspecified atom stereocenters. The molecule has 0 amide bonds. The van der Waals surface area contributed by atoms with Gasteiger partial charge in [0, 0.05) is 0 Å². The van der Waals surface area contributed by atoms with Gasteiger partial charge in [0.25, 0.3) is 0 Å². The van der Waals surface area contributed by atoms with Crippen LogP contribution in [0.1, 0.15) is 22.8 Å². The van der Waals surface area contributed by atoms with E-state index >= 15 is 4.79 Å². The second kappa shape index (κ2) is 11.5. The third-order valence-corrected chi connectivity index (χ3v) is 16.0. The second-order valence-corrected chi connectivity index (χ2v) is 16.3. The maximum absolute atomic E-state index is 15.8. The summed E-state index contributed by atoms with van der Waals surface area (Å²) >= 11 is 3.63. The Bertz CT molecular complexity index is 1830. The average Bonchev–Trinajstić information content (AvgIpc) is 3.35. The SMILES string of the molecule is CCOC(=O)C1(CBr)OC2(C(=O)c3ccccc3)C1=C(c1ccccc1)OP2(c1ccccc1)(c1ccccc1)c1ccccc1. The van der Waals surface area contributed by atoms with Crippen LogP contribution in [0.15, 0.2) is 157 Å². The predicted molar refractivity (Wildman–Crippen MR) is 187 cm³/mol. The molecule has 0 N–H and O–H groups in total. The molecule has 5 aromatic rings. The van der Waals surface area contributed by atoms with Crippen LogP contribution < -0.4 is 15.9 Å². The first-order valence-electron chi connectivity index (χ1n) is 15.2. The Hall–Kier alpha value is -4.35. The number of carbonyl (C=O) groups excluding carboxylic acids is 2. The van der Waals surface area contributed by atoms with Gasteiger partial charge in [0.2, 0.25) is 0 Å². The van der Waals surface area contributed by atoms with Crippen LogP contribution in [0.5, 0.6) is 0 Å². The zero-order valence-corrected chi connectivity index (χ0v) is 27.7. The van der Waals surface area contributed by atoms with Gasteiger partial charge in [0.15, 0.2) is 0 Å². The van der Waals surface area contributed by atoms with E-state index in [4.69, 9.17) is 14.0 Å². The van der Waals surface area contributed by atoms with Gasteiger partial charge in [-0.1, -0.05) is 0 Å². The third kappa shape index (κ3) is 3.75. The van der Waals surface area contributed by atoms with E-state index in [0.717, 1.165) is 21.5 Å². The molecule has 7 heteroatoms. The summed E-state index contributed by atoms with van der Waals surface area (Å²) in [4.78, 5) is 29.9. The molecular formula is C39H32BrO5P. The Morgan fingerprint density at radius 1 is 0.674 bits per heavy atom. The molecule has 0 spiro atoms. The molecule has 0 bridgehead atoms. The van der Waals surface area contributed by atoms with Crippen LogP contribution in [0, 0.1) is 0 Å². The van der Waals surface area contributed by atoms with Gasteiger partial charge >= 0.3 is 278 Å². The molecule has 2 atom stereocenters. The van der Waals surface area contributed by atoms with Crippen molar-refractivity contribution in [3.63, 3.8) is 0 Å². The van der Waals surface area contributed by atoms with Crippen molar-refractivity contribution in [1.29, 1.82) is 0 Å². The number of alkyl halides is 1. The van der Waals surface area contributed by atoms with Gasteiger partial charge in [-0.3, -0.25) is 0 Å². The fourth-order valence-electron chi connectivity index (χ4n) is 7.27. The molecule has 0 aromatic heterocycles. The van der Waals surface area contributed by atoms with Crippen LogP contribution >= 0.6 is 22.8 Å². The number of ether oxygens (including phenoxy) is 2. The number of ketones is 1. The van der Waals surface area contributed by atoms with Crippen molar-refractivity contribution in [2.24, 2.45) is 0 Å². The van der Waals surface area contributed by atoms with Crippen LogP contribution in [-0.2, 0) is 18.8 Å². The van der Waals surface area contributed by atoms with Gasteiger partial charge in [-0.15, -0.1) is 0 Å². The molecule has 1 saturated heterocycles. The maximum atomic E-state index is 15.8. The molecule has 0 saturated carbocycles. The van der Waals surface area contributed by atoms with Gasteiger partial charge < -0.3 is 0 Å².